The quantitative estimate of drug-likeness (QED) is 0.319. The average molecular weight is 422 g/mol. The molecule has 2 amide bonds. The van der Waals surface area contributed by atoms with Gasteiger partial charge >= 0.3 is 0 Å². The zero-order valence-corrected chi connectivity index (χ0v) is 16.7. The van der Waals surface area contributed by atoms with Crippen LogP contribution in [0.2, 0.25) is 0 Å². The summed E-state index contributed by atoms with van der Waals surface area (Å²) in [6.07, 6.45) is 3.27. The monoisotopic (exact) mass is 422 g/mol. The summed E-state index contributed by atoms with van der Waals surface area (Å²) in [6, 6.07) is 15.2. The minimum absolute atomic E-state index is 0.0650. The molecule has 0 aromatic heterocycles. The molecule has 2 aromatic carbocycles. The molecule has 0 spiro atoms. The summed E-state index contributed by atoms with van der Waals surface area (Å²) in [5, 5.41) is 15.4. The number of nitrogens with one attached hydrogen (secondary N) is 1. The first-order valence-corrected chi connectivity index (χ1v) is 9.77. The summed E-state index contributed by atoms with van der Waals surface area (Å²) in [5.74, 6) is -0.626. The fourth-order valence-electron chi connectivity index (χ4n) is 2.69. The van der Waals surface area contributed by atoms with Crippen LogP contribution in [0.4, 0.5) is 5.69 Å². The number of nitrogens with zero attached hydrogens (tertiary/aromatic N) is 3. The Bertz CT molecular complexity index is 1050. The predicted molar refractivity (Wildman–Crippen MR) is 116 cm³/mol. The van der Waals surface area contributed by atoms with Gasteiger partial charge in [-0.15, -0.1) is 11.7 Å². The molecule has 3 rings (SSSR count). The number of hydrogen-bond donors (Lipinski definition) is 1. The van der Waals surface area contributed by atoms with E-state index >= 15 is 0 Å². The average Bonchev–Trinajstić information content (AvgIpc) is 3.02. The van der Waals surface area contributed by atoms with Crippen molar-refractivity contribution in [1.82, 2.24) is 10.3 Å². The highest BCUT2D eigenvalue weighted by atomic mass is 32.2. The second-order valence-electron chi connectivity index (χ2n) is 6.26. The van der Waals surface area contributed by atoms with Crippen LogP contribution in [0.5, 0.6) is 0 Å². The van der Waals surface area contributed by atoms with Crippen molar-refractivity contribution in [2.24, 2.45) is 5.10 Å². The van der Waals surface area contributed by atoms with Gasteiger partial charge in [0.25, 0.3) is 11.6 Å². The van der Waals surface area contributed by atoms with Gasteiger partial charge in [-0.25, -0.2) is 5.43 Å². The Balaban J connectivity index is 1.77. The molecule has 8 nitrogen and oxygen atoms in total. The summed E-state index contributed by atoms with van der Waals surface area (Å²) >= 11 is 1.08. The lowest BCUT2D eigenvalue weighted by molar-refractivity contribution is -0.384. The molecule has 0 unspecified atom stereocenters. The van der Waals surface area contributed by atoms with Crippen molar-refractivity contribution in [2.45, 2.75) is 6.42 Å². The van der Waals surface area contributed by atoms with E-state index in [2.05, 4.69) is 17.1 Å². The number of nitro benzene ring substituents is 1. The minimum atomic E-state index is -0.495. The predicted octanol–water partition coefficient (Wildman–Crippen LogP) is 3.33. The highest BCUT2D eigenvalue weighted by Crippen LogP contribution is 2.32. The van der Waals surface area contributed by atoms with Crippen molar-refractivity contribution in [1.29, 1.82) is 0 Å². The molecule has 1 N–H and O–H groups in total. The maximum absolute atomic E-state index is 12.7. The third-order valence-corrected chi connectivity index (χ3v) is 5.07. The van der Waals surface area contributed by atoms with E-state index in [1.807, 2.05) is 30.3 Å². The number of thioether (sulfide) groups is 1. The molecule has 1 saturated heterocycles. The van der Waals surface area contributed by atoms with E-state index in [4.69, 9.17) is 0 Å². The normalized spacial score (nSPS) is 16.1. The summed E-state index contributed by atoms with van der Waals surface area (Å²) < 4.78 is 0. The van der Waals surface area contributed by atoms with E-state index in [0.29, 0.717) is 15.6 Å². The SMILES string of the molecule is C=CCN1C(=O)C(=Cc2cccc([N+](=O)[O-])c2)SC1=NNC(=O)Cc1ccccc1. The number of nitro groups is 1. The molecule has 2 aromatic rings. The first-order chi connectivity index (χ1) is 14.5. The number of non-ortho nitro benzene ring substituents is 1. The summed E-state index contributed by atoms with van der Waals surface area (Å²) in [4.78, 5) is 37.1. The van der Waals surface area contributed by atoms with Crippen LogP contribution in [0, 0.1) is 10.1 Å². The highest BCUT2D eigenvalue weighted by Gasteiger charge is 2.33. The molecule has 1 aliphatic rings. The van der Waals surface area contributed by atoms with E-state index in [1.165, 1.54) is 17.0 Å². The Morgan fingerprint density at radius 1 is 1.23 bits per heavy atom. The molecule has 1 fully saturated rings. The van der Waals surface area contributed by atoms with Crippen LogP contribution in [0.15, 0.2) is 77.3 Å². The lowest BCUT2D eigenvalue weighted by atomic mass is 10.1. The van der Waals surface area contributed by atoms with Gasteiger partial charge in [-0.1, -0.05) is 48.5 Å². The van der Waals surface area contributed by atoms with Crippen LogP contribution in [0.3, 0.4) is 0 Å². The van der Waals surface area contributed by atoms with Crippen molar-refractivity contribution < 1.29 is 14.5 Å². The lowest BCUT2D eigenvalue weighted by Gasteiger charge is -2.12. The molecule has 1 aliphatic heterocycles. The molecule has 9 heteroatoms. The van der Waals surface area contributed by atoms with E-state index in [-0.39, 0.29) is 30.5 Å². The molecule has 0 aliphatic carbocycles. The van der Waals surface area contributed by atoms with Crippen molar-refractivity contribution in [3.63, 3.8) is 0 Å². The number of benzene rings is 2. The third-order valence-electron chi connectivity index (χ3n) is 4.06. The number of amidine groups is 1. The maximum atomic E-state index is 12.7. The van der Waals surface area contributed by atoms with Crippen molar-refractivity contribution in [3.8, 4) is 0 Å². The molecule has 0 bridgehead atoms. The van der Waals surface area contributed by atoms with Crippen LogP contribution in [-0.2, 0) is 16.0 Å². The fourth-order valence-corrected chi connectivity index (χ4v) is 3.64. The molecule has 152 valence electrons. The number of hydrazone groups is 1. The van der Waals surface area contributed by atoms with Gasteiger partial charge in [0.05, 0.1) is 16.2 Å². The second kappa shape index (κ2) is 9.66. The van der Waals surface area contributed by atoms with Crippen molar-refractivity contribution >= 4 is 40.5 Å². The van der Waals surface area contributed by atoms with E-state index in [0.717, 1.165) is 17.3 Å². The summed E-state index contributed by atoms with van der Waals surface area (Å²) in [6.45, 7) is 3.86. The first-order valence-electron chi connectivity index (χ1n) is 8.95. The number of rotatable bonds is 7. The number of amides is 2. The lowest BCUT2D eigenvalue weighted by Crippen LogP contribution is -2.31. The summed E-state index contributed by atoms with van der Waals surface area (Å²) in [7, 11) is 0. The zero-order chi connectivity index (χ0) is 21.5. The topological polar surface area (TPSA) is 105 Å². The molecule has 0 radical (unpaired) electrons. The van der Waals surface area contributed by atoms with Crippen LogP contribution in [-0.4, -0.2) is 33.3 Å². The van der Waals surface area contributed by atoms with Crippen LogP contribution >= 0.6 is 11.8 Å². The molecule has 0 saturated carbocycles. The minimum Gasteiger partial charge on any atom is -0.281 e. The van der Waals surface area contributed by atoms with E-state index < -0.39 is 4.92 Å². The number of carbonyl (C=O) groups is 2. The standard InChI is InChI=1S/C21H18N4O4S/c1-2-11-24-20(27)18(13-16-9-6-10-17(12-16)25(28)29)30-21(24)23-22-19(26)14-15-7-4-3-5-8-15/h2-10,12-13H,1,11,14H2,(H,22,26). The van der Waals surface area contributed by atoms with Gasteiger partial charge in [0.2, 0.25) is 5.91 Å². The highest BCUT2D eigenvalue weighted by molar-refractivity contribution is 8.18. The molecule has 30 heavy (non-hydrogen) atoms. The Labute approximate surface area is 177 Å². The Morgan fingerprint density at radius 3 is 2.70 bits per heavy atom. The molecule has 1 heterocycles. The van der Waals surface area contributed by atoms with E-state index in [9.17, 15) is 19.7 Å². The van der Waals surface area contributed by atoms with Gasteiger partial charge in [0.15, 0.2) is 5.17 Å². The van der Waals surface area contributed by atoms with Gasteiger partial charge in [0, 0.05) is 18.7 Å². The Kier molecular flexibility index (Phi) is 6.76. The summed E-state index contributed by atoms with van der Waals surface area (Å²) in [5.41, 5.74) is 3.78. The van der Waals surface area contributed by atoms with Gasteiger partial charge in [-0.3, -0.25) is 24.6 Å². The smallest absolute Gasteiger partial charge is 0.270 e. The third kappa shape index (κ3) is 5.21. The van der Waals surface area contributed by atoms with Gasteiger partial charge in [-0.05, 0) is 29.0 Å². The fraction of sp³-hybridized carbons (Fsp3) is 0.0952. The van der Waals surface area contributed by atoms with Gasteiger partial charge in [-0.2, -0.15) is 0 Å². The van der Waals surface area contributed by atoms with Crippen molar-refractivity contribution in [3.05, 3.63) is 93.4 Å². The van der Waals surface area contributed by atoms with Crippen molar-refractivity contribution in [2.75, 3.05) is 6.54 Å². The second-order valence-corrected chi connectivity index (χ2v) is 7.27. The maximum Gasteiger partial charge on any atom is 0.270 e. The Morgan fingerprint density at radius 2 is 2.00 bits per heavy atom. The van der Waals surface area contributed by atoms with E-state index in [1.54, 1.807) is 24.3 Å². The van der Waals surface area contributed by atoms with Gasteiger partial charge in [0.1, 0.15) is 0 Å². The number of hydrogen-bond acceptors (Lipinski definition) is 6. The Hall–Kier alpha value is -3.72. The largest absolute Gasteiger partial charge is 0.281 e. The van der Waals surface area contributed by atoms with Crippen LogP contribution in [0.25, 0.3) is 6.08 Å². The van der Waals surface area contributed by atoms with Gasteiger partial charge < -0.3 is 0 Å². The first kappa shape index (κ1) is 21.0. The molecular weight excluding hydrogens is 404 g/mol. The van der Waals surface area contributed by atoms with Crippen LogP contribution in [0.1, 0.15) is 11.1 Å². The molecule has 0 atom stereocenters. The molecular formula is C21H18N4O4S. The van der Waals surface area contributed by atoms with Crippen LogP contribution < -0.4 is 5.43 Å². The zero-order valence-electron chi connectivity index (χ0n) is 15.9. The number of carbonyl (C=O) groups excluding carboxylic acids is 2.